The van der Waals surface area contributed by atoms with Crippen LogP contribution < -0.4 is 0 Å². The Morgan fingerprint density at radius 2 is 2.29 bits per heavy atom. The lowest BCUT2D eigenvalue weighted by atomic mass is 10.4. The highest BCUT2D eigenvalue weighted by molar-refractivity contribution is 5.59. The number of halogens is 1. The minimum absolute atomic E-state index is 0.368. The number of aliphatic hydroxyl groups excluding tert-OH is 1. The second-order valence-corrected chi connectivity index (χ2v) is 1.09. The molecule has 0 rings (SSSR count). The minimum atomic E-state index is -3.04. The van der Waals surface area contributed by atoms with Crippen molar-refractivity contribution in [1.29, 1.82) is 0 Å². The number of alkyl halides is 1. The fourth-order valence-electron chi connectivity index (χ4n) is 0.0373. The van der Waals surface area contributed by atoms with Gasteiger partial charge in [-0.2, -0.15) is 0 Å². The standard InChI is InChI=1S/C3H5FO3/c4-3(7,1-5)2-6/h1,6-7H,2H2. The fourth-order valence-corrected chi connectivity index (χ4v) is 0.0373. The molecule has 0 bridgehead atoms. The summed E-state index contributed by atoms with van der Waals surface area (Å²) in [5.74, 6) is -3.04. The molecule has 0 aromatic rings. The monoisotopic (exact) mass is 108 g/mol. The number of hydrogen-bond donors (Lipinski definition) is 2. The van der Waals surface area contributed by atoms with Crippen LogP contribution in [0.3, 0.4) is 0 Å². The molecule has 1 unspecified atom stereocenters. The number of aliphatic hydroxyl groups is 2. The van der Waals surface area contributed by atoms with Gasteiger partial charge in [-0.15, -0.1) is 0 Å². The van der Waals surface area contributed by atoms with E-state index in [-0.39, 0.29) is 6.29 Å². The molecule has 0 radical (unpaired) electrons. The maximum atomic E-state index is 11.5. The van der Waals surface area contributed by atoms with Crippen molar-refractivity contribution in [1.82, 2.24) is 0 Å². The molecule has 0 amide bonds. The molecule has 0 aromatic carbocycles. The van der Waals surface area contributed by atoms with E-state index in [9.17, 15) is 9.18 Å². The van der Waals surface area contributed by atoms with Crippen molar-refractivity contribution >= 4 is 6.29 Å². The predicted molar refractivity (Wildman–Crippen MR) is 19.2 cm³/mol. The van der Waals surface area contributed by atoms with Crippen LogP contribution in [0.4, 0.5) is 4.39 Å². The Hall–Kier alpha value is -0.480. The Morgan fingerprint density at radius 3 is 2.29 bits per heavy atom. The van der Waals surface area contributed by atoms with Gasteiger partial charge in [0, 0.05) is 0 Å². The molecular formula is C3H5FO3. The molecule has 0 spiro atoms. The van der Waals surface area contributed by atoms with Gasteiger partial charge in [-0.25, -0.2) is 4.39 Å². The zero-order chi connectivity index (χ0) is 5.91. The molecule has 0 aliphatic rings. The van der Waals surface area contributed by atoms with Gasteiger partial charge in [0.15, 0.2) is 6.29 Å². The third-order valence-corrected chi connectivity index (χ3v) is 0.402. The van der Waals surface area contributed by atoms with Crippen LogP contribution in [-0.2, 0) is 4.79 Å². The van der Waals surface area contributed by atoms with Crippen LogP contribution in [0.15, 0.2) is 0 Å². The van der Waals surface area contributed by atoms with Crippen molar-refractivity contribution in [3.63, 3.8) is 0 Å². The van der Waals surface area contributed by atoms with E-state index in [2.05, 4.69) is 0 Å². The zero-order valence-electron chi connectivity index (χ0n) is 3.47. The summed E-state index contributed by atoms with van der Waals surface area (Å²) in [5, 5.41) is 15.6. The van der Waals surface area contributed by atoms with Gasteiger partial charge in [-0.1, -0.05) is 0 Å². The summed E-state index contributed by atoms with van der Waals surface area (Å²) < 4.78 is 11.5. The van der Waals surface area contributed by atoms with Crippen LogP contribution in [0.5, 0.6) is 0 Å². The van der Waals surface area contributed by atoms with Gasteiger partial charge < -0.3 is 10.2 Å². The second-order valence-electron chi connectivity index (χ2n) is 1.09. The lowest BCUT2D eigenvalue weighted by Gasteiger charge is -2.03. The highest BCUT2D eigenvalue weighted by atomic mass is 19.2. The van der Waals surface area contributed by atoms with Crippen LogP contribution >= 0.6 is 0 Å². The molecule has 0 saturated heterocycles. The van der Waals surface area contributed by atoms with E-state index in [1.165, 1.54) is 0 Å². The van der Waals surface area contributed by atoms with E-state index in [1.54, 1.807) is 0 Å². The van der Waals surface area contributed by atoms with Crippen molar-refractivity contribution < 1.29 is 19.4 Å². The van der Waals surface area contributed by atoms with Crippen molar-refractivity contribution in [3.8, 4) is 0 Å². The van der Waals surface area contributed by atoms with Gasteiger partial charge >= 0.3 is 0 Å². The van der Waals surface area contributed by atoms with E-state index in [4.69, 9.17) is 10.2 Å². The third kappa shape index (κ3) is 2.24. The number of rotatable bonds is 2. The Morgan fingerprint density at radius 1 is 1.86 bits per heavy atom. The van der Waals surface area contributed by atoms with Crippen LogP contribution in [0.1, 0.15) is 0 Å². The van der Waals surface area contributed by atoms with Gasteiger partial charge in [0.05, 0.1) is 0 Å². The summed E-state index contributed by atoms with van der Waals surface area (Å²) in [7, 11) is 0. The molecule has 1 atom stereocenters. The van der Waals surface area contributed by atoms with Gasteiger partial charge in [0.1, 0.15) is 6.61 Å². The smallest absolute Gasteiger partial charge is 0.286 e. The summed E-state index contributed by atoms with van der Waals surface area (Å²) >= 11 is 0. The largest absolute Gasteiger partial charge is 0.390 e. The van der Waals surface area contributed by atoms with E-state index < -0.39 is 12.5 Å². The van der Waals surface area contributed by atoms with Crippen molar-refractivity contribution in [2.45, 2.75) is 5.85 Å². The lowest BCUT2D eigenvalue weighted by molar-refractivity contribution is -0.152. The SMILES string of the molecule is O=CC(O)(F)CO. The van der Waals surface area contributed by atoms with Crippen LogP contribution in [0, 0.1) is 0 Å². The van der Waals surface area contributed by atoms with E-state index >= 15 is 0 Å². The quantitative estimate of drug-likeness (QED) is 0.438. The molecular weight excluding hydrogens is 103 g/mol. The van der Waals surface area contributed by atoms with Gasteiger partial charge in [-0.05, 0) is 0 Å². The Kier molecular flexibility index (Phi) is 1.86. The Balaban J connectivity index is 3.58. The van der Waals surface area contributed by atoms with Crippen molar-refractivity contribution in [2.24, 2.45) is 0 Å². The average Bonchev–Trinajstić information content (AvgIpc) is 1.68. The maximum Gasteiger partial charge on any atom is 0.286 e. The first-order chi connectivity index (χ1) is 3.12. The number of hydrogen-bond acceptors (Lipinski definition) is 3. The Bertz CT molecular complexity index is 70.6. The predicted octanol–water partition coefficient (Wildman–Crippen LogP) is -1.16. The van der Waals surface area contributed by atoms with Gasteiger partial charge in [0.25, 0.3) is 5.85 Å². The zero-order valence-corrected chi connectivity index (χ0v) is 3.47. The summed E-state index contributed by atoms with van der Waals surface area (Å²) in [6.45, 7) is -1.18. The molecule has 2 N–H and O–H groups in total. The highest BCUT2D eigenvalue weighted by Gasteiger charge is 2.22. The van der Waals surface area contributed by atoms with E-state index in [0.29, 0.717) is 0 Å². The van der Waals surface area contributed by atoms with Crippen LogP contribution in [0.25, 0.3) is 0 Å². The van der Waals surface area contributed by atoms with E-state index in [1.807, 2.05) is 0 Å². The topological polar surface area (TPSA) is 57.5 Å². The number of aldehydes is 1. The molecule has 0 heterocycles. The summed E-state index contributed by atoms with van der Waals surface area (Å²) in [6, 6.07) is 0. The lowest BCUT2D eigenvalue weighted by Crippen LogP contribution is -2.28. The van der Waals surface area contributed by atoms with E-state index in [0.717, 1.165) is 0 Å². The third-order valence-electron chi connectivity index (χ3n) is 0.402. The average molecular weight is 108 g/mol. The molecule has 0 aromatic heterocycles. The first kappa shape index (κ1) is 6.52. The fraction of sp³-hybridized carbons (Fsp3) is 0.667. The van der Waals surface area contributed by atoms with Crippen LogP contribution in [-0.4, -0.2) is 29.0 Å². The molecule has 0 saturated carbocycles. The molecule has 42 valence electrons. The van der Waals surface area contributed by atoms with Crippen LogP contribution in [0.2, 0.25) is 0 Å². The molecule has 0 fully saturated rings. The highest BCUT2D eigenvalue weighted by Crippen LogP contribution is 1.97. The maximum absolute atomic E-state index is 11.5. The first-order valence-electron chi connectivity index (χ1n) is 1.61. The molecule has 4 heteroatoms. The number of carbonyl (C=O) groups excluding carboxylic acids is 1. The number of carbonyl (C=O) groups is 1. The summed E-state index contributed by atoms with van der Waals surface area (Å²) in [4.78, 5) is 9.27. The Labute approximate surface area is 39.4 Å². The summed E-state index contributed by atoms with van der Waals surface area (Å²) in [5.41, 5.74) is 0. The summed E-state index contributed by atoms with van der Waals surface area (Å²) in [6.07, 6.45) is -0.368. The van der Waals surface area contributed by atoms with Crippen molar-refractivity contribution in [2.75, 3.05) is 6.61 Å². The minimum Gasteiger partial charge on any atom is -0.390 e. The normalized spacial score (nSPS) is 18.1. The van der Waals surface area contributed by atoms with Gasteiger partial charge in [0.2, 0.25) is 0 Å². The molecule has 3 nitrogen and oxygen atoms in total. The molecule has 0 aliphatic carbocycles. The van der Waals surface area contributed by atoms with Gasteiger partial charge in [-0.3, -0.25) is 4.79 Å². The second kappa shape index (κ2) is 1.99. The van der Waals surface area contributed by atoms with Crippen molar-refractivity contribution in [3.05, 3.63) is 0 Å². The molecule has 7 heavy (non-hydrogen) atoms. The molecule has 0 aliphatic heterocycles. The first-order valence-corrected chi connectivity index (χ1v) is 1.61.